The Morgan fingerprint density at radius 2 is 1.95 bits per heavy atom. The highest BCUT2D eigenvalue weighted by atomic mass is 35.5. The molecule has 0 saturated carbocycles. The van der Waals surface area contributed by atoms with Crippen molar-refractivity contribution in [2.45, 2.75) is 26.4 Å². The summed E-state index contributed by atoms with van der Waals surface area (Å²) in [5, 5.41) is 0.745. The quantitative estimate of drug-likeness (QED) is 0.908. The van der Waals surface area contributed by atoms with Crippen molar-refractivity contribution in [3.8, 4) is 0 Å². The highest BCUT2D eigenvalue weighted by molar-refractivity contribution is 6.33. The lowest BCUT2D eigenvalue weighted by atomic mass is 10.1. The maximum atomic E-state index is 6.37. The first-order valence-electron chi connectivity index (χ1n) is 6.79. The molecule has 2 aromatic carbocycles. The molecular weight excluding hydrogens is 268 g/mol. The summed E-state index contributed by atoms with van der Waals surface area (Å²) in [6.45, 7) is 4.90. The summed E-state index contributed by atoms with van der Waals surface area (Å²) in [4.78, 5) is 2.15. The molecule has 0 aliphatic carbocycles. The average Bonchev–Trinajstić information content (AvgIpc) is 2.38. The van der Waals surface area contributed by atoms with Crippen LogP contribution in [0.2, 0.25) is 5.02 Å². The maximum Gasteiger partial charge on any atom is 0.0642 e. The first kappa shape index (κ1) is 14.9. The van der Waals surface area contributed by atoms with E-state index in [1.165, 1.54) is 11.1 Å². The molecule has 2 nitrogen and oxygen atoms in total. The number of benzene rings is 2. The smallest absolute Gasteiger partial charge is 0.0642 e. The fourth-order valence-electron chi connectivity index (χ4n) is 2.29. The Bertz CT molecular complexity index is 593. The van der Waals surface area contributed by atoms with Crippen LogP contribution in [0.3, 0.4) is 0 Å². The van der Waals surface area contributed by atoms with Gasteiger partial charge in [0, 0.05) is 19.6 Å². The van der Waals surface area contributed by atoms with Crippen LogP contribution in [0.5, 0.6) is 0 Å². The van der Waals surface area contributed by atoms with E-state index in [1.54, 1.807) is 0 Å². The molecule has 0 fully saturated rings. The molecule has 0 radical (unpaired) electrons. The molecular formula is C17H21ClN2. The molecule has 0 aromatic heterocycles. The van der Waals surface area contributed by atoms with Gasteiger partial charge in [-0.1, -0.05) is 47.5 Å². The van der Waals surface area contributed by atoms with Crippen molar-refractivity contribution in [3.05, 3.63) is 64.2 Å². The molecule has 2 N–H and O–H groups in total. The van der Waals surface area contributed by atoms with E-state index < -0.39 is 0 Å². The molecule has 0 bridgehead atoms. The van der Waals surface area contributed by atoms with Crippen molar-refractivity contribution in [2.24, 2.45) is 5.73 Å². The van der Waals surface area contributed by atoms with Crippen molar-refractivity contribution >= 4 is 17.3 Å². The minimum absolute atomic E-state index is 0.00336. The Balaban J connectivity index is 2.19. The summed E-state index contributed by atoms with van der Waals surface area (Å²) in [5.41, 5.74) is 10.5. The van der Waals surface area contributed by atoms with Gasteiger partial charge in [-0.3, -0.25) is 0 Å². The molecule has 0 amide bonds. The summed E-state index contributed by atoms with van der Waals surface area (Å²) in [7, 11) is 2.05. The zero-order valence-electron chi connectivity index (χ0n) is 12.2. The molecule has 2 rings (SSSR count). The van der Waals surface area contributed by atoms with E-state index in [2.05, 4.69) is 43.1 Å². The van der Waals surface area contributed by atoms with E-state index in [-0.39, 0.29) is 6.04 Å². The SMILES string of the molecule is Cc1cccc(CN(C)c2ccc(C(C)N)cc2Cl)c1. The van der Waals surface area contributed by atoms with Gasteiger partial charge in [0.1, 0.15) is 0 Å². The predicted octanol–water partition coefficient (Wildman–Crippen LogP) is 4.30. The number of hydrogen-bond acceptors (Lipinski definition) is 2. The van der Waals surface area contributed by atoms with Crippen molar-refractivity contribution in [2.75, 3.05) is 11.9 Å². The van der Waals surface area contributed by atoms with E-state index in [4.69, 9.17) is 17.3 Å². The van der Waals surface area contributed by atoms with E-state index >= 15 is 0 Å². The zero-order chi connectivity index (χ0) is 14.7. The van der Waals surface area contributed by atoms with E-state index in [0.29, 0.717) is 0 Å². The van der Waals surface area contributed by atoms with Crippen LogP contribution in [0.4, 0.5) is 5.69 Å². The van der Waals surface area contributed by atoms with Gasteiger partial charge in [-0.2, -0.15) is 0 Å². The van der Waals surface area contributed by atoms with Crippen LogP contribution in [0, 0.1) is 6.92 Å². The number of rotatable bonds is 4. The van der Waals surface area contributed by atoms with Crippen molar-refractivity contribution in [3.63, 3.8) is 0 Å². The van der Waals surface area contributed by atoms with Crippen LogP contribution in [0.15, 0.2) is 42.5 Å². The van der Waals surface area contributed by atoms with E-state index in [1.807, 2.05) is 25.1 Å². The van der Waals surface area contributed by atoms with Crippen LogP contribution < -0.4 is 10.6 Å². The van der Waals surface area contributed by atoms with Gasteiger partial charge in [-0.05, 0) is 37.1 Å². The van der Waals surface area contributed by atoms with Gasteiger partial charge in [0.15, 0.2) is 0 Å². The molecule has 3 heteroatoms. The maximum absolute atomic E-state index is 6.37. The van der Waals surface area contributed by atoms with Crippen LogP contribution in [0.1, 0.15) is 29.7 Å². The van der Waals surface area contributed by atoms with Crippen LogP contribution in [-0.4, -0.2) is 7.05 Å². The molecule has 106 valence electrons. The molecule has 0 aliphatic rings. The Morgan fingerprint density at radius 1 is 1.20 bits per heavy atom. The lowest BCUT2D eigenvalue weighted by molar-refractivity contribution is 0.817. The van der Waals surface area contributed by atoms with Gasteiger partial charge in [-0.15, -0.1) is 0 Å². The summed E-state index contributed by atoms with van der Waals surface area (Å²) < 4.78 is 0. The summed E-state index contributed by atoms with van der Waals surface area (Å²) in [6.07, 6.45) is 0. The third-order valence-corrected chi connectivity index (χ3v) is 3.71. The van der Waals surface area contributed by atoms with Crippen molar-refractivity contribution in [1.82, 2.24) is 0 Å². The Morgan fingerprint density at radius 3 is 2.55 bits per heavy atom. The normalized spacial score (nSPS) is 12.2. The molecule has 0 spiro atoms. The van der Waals surface area contributed by atoms with Gasteiger partial charge in [-0.25, -0.2) is 0 Å². The Labute approximate surface area is 126 Å². The van der Waals surface area contributed by atoms with Crippen LogP contribution in [-0.2, 0) is 6.54 Å². The number of aryl methyl sites for hydroxylation is 1. The van der Waals surface area contributed by atoms with E-state index in [9.17, 15) is 0 Å². The molecule has 2 aromatic rings. The first-order valence-corrected chi connectivity index (χ1v) is 7.17. The largest absolute Gasteiger partial charge is 0.369 e. The predicted molar refractivity (Wildman–Crippen MR) is 87.3 cm³/mol. The number of nitrogens with two attached hydrogens (primary N) is 1. The Kier molecular flexibility index (Phi) is 4.69. The minimum atomic E-state index is 0.00336. The molecule has 0 aliphatic heterocycles. The standard InChI is InChI=1S/C17H21ClN2/c1-12-5-4-6-14(9-12)11-20(3)17-8-7-15(13(2)19)10-16(17)18/h4-10,13H,11,19H2,1-3H3. The van der Waals surface area contributed by atoms with Gasteiger partial charge >= 0.3 is 0 Å². The highest BCUT2D eigenvalue weighted by Crippen LogP contribution is 2.28. The molecule has 20 heavy (non-hydrogen) atoms. The molecule has 1 atom stereocenters. The second-order valence-corrected chi connectivity index (χ2v) is 5.75. The molecule has 0 saturated heterocycles. The highest BCUT2D eigenvalue weighted by Gasteiger charge is 2.09. The zero-order valence-corrected chi connectivity index (χ0v) is 13.0. The fourth-order valence-corrected chi connectivity index (χ4v) is 2.62. The number of anilines is 1. The third-order valence-electron chi connectivity index (χ3n) is 3.41. The van der Waals surface area contributed by atoms with Gasteiger partial charge < -0.3 is 10.6 Å². The first-order chi connectivity index (χ1) is 9.47. The fraction of sp³-hybridized carbons (Fsp3) is 0.294. The van der Waals surface area contributed by atoms with Gasteiger partial charge in [0.25, 0.3) is 0 Å². The summed E-state index contributed by atoms with van der Waals surface area (Å²) in [5.74, 6) is 0. The lowest BCUT2D eigenvalue weighted by Crippen LogP contribution is -2.17. The van der Waals surface area contributed by atoms with E-state index in [0.717, 1.165) is 22.8 Å². The van der Waals surface area contributed by atoms with Crippen LogP contribution >= 0.6 is 11.6 Å². The number of nitrogens with zero attached hydrogens (tertiary/aromatic N) is 1. The minimum Gasteiger partial charge on any atom is -0.369 e. The molecule has 0 heterocycles. The lowest BCUT2D eigenvalue weighted by Gasteiger charge is -2.22. The summed E-state index contributed by atoms with van der Waals surface area (Å²) in [6, 6.07) is 14.6. The second kappa shape index (κ2) is 6.29. The van der Waals surface area contributed by atoms with Crippen LogP contribution in [0.25, 0.3) is 0 Å². The number of halogens is 1. The monoisotopic (exact) mass is 288 g/mol. The number of hydrogen-bond donors (Lipinski definition) is 1. The average molecular weight is 289 g/mol. The Hall–Kier alpha value is -1.51. The summed E-state index contributed by atoms with van der Waals surface area (Å²) >= 11 is 6.37. The van der Waals surface area contributed by atoms with Gasteiger partial charge in [0.2, 0.25) is 0 Å². The van der Waals surface area contributed by atoms with Gasteiger partial charge in [0.05, 0.1) is 10.7 Å². The van der Waals surface area contributed by atoms with Crippen molar-refractivity contribution < 1.29 is 0 Å². The third kappa shape index (κ3) is 3.53. The second-order valence-electron chi connectivity index (χ2n) is 5.34. The van der Waals surface area contributed by atoms with Crippen molar-refractivity contribution in [1.29, 1.82) is 0 Å². The topological polar surface area (TPSA) is 29.3 Å². The molecule has 1 unspecified atom stereocenters.